The Labute approximate surface area is 105 Å². The monoisotopic (exact) mass is 251 g/mol. The standard InChI is InChI=1S/C12H14ClN3O/c13-11-6-8(3-4-14-11)16-12(17)9-5-7-1-2-10(9)15-7/h3-4,6-7,9-10,15H,1-2,5H2,(H,14,16,17). The van der Waals surface area contributed by atoms with Gasteiger partial charge in [-0.2, -0.15) is 0 Å². The lowest BCUT2D eigenvalue weighted by atomic mass is 9.88. The molecule has 0 radical (unpaired) electrons. The van der Waals surface area contributed by atoms with Crippen LogP contribution in [0.5, 0.6) is 0 Å². The number of carbonyl (C=O) groups excluding carboxylic acids is 1. The Morgan fingerprint density at radius 1 is 1.53 bits per heavy atom. The van der Waals surface area contributed by atoms with E-state index in [1.807, 2.05) is 0 Å². The molecule has 0 spiro atoms. The first-order chi connectivity index (χ1) is 8.22. The first-order valence-corrected chi connectivity index (χ1v) is 6.28. The van der Waals surface area contributed by atoms with Gasteiger partial charge < -0.3 is 10.6 Å². The van der Waals surface area contributed by atoms with Crippen molar-refractivity contribution in [2.45, 2.75) is 31.3 Å². The minimum atomic E-state index is 0.0898. The Bertz CT molecular complexity index is 451. The van der Waals surface area contributed by atoms with E-state index in [4.69, 9.17) is 11.6 Å². The zero-order valence-corrected chi connectivity index (χ0v) is 10.1. The highest BCUT2D eigenvalue weighted by atomic mass is 35.5. The van der Waals surface area contributed by atoms with Crippen LogP contribution in [-0.2, 0) is 4.79 Å². The largest absolute Gasteiger partial charge is 0.326 e. The van der Waals surface area contributed by atoms with E-state index in [0.717, 1.165) is 18.5 Å². The van der Waals surface area contributed by atoms with Crippen LogP contribution in [0.15, 0.2) is 18.3 Å². The highest BCUT2D eigenvalue weighted by Gasteiger charge is 2.42. The molecule has 1 aromatic heterocycles. The average molecular weight is 252 g/mol. The molecule has 1 amide bonds. The number of nitrogens with one attached hydrogen (secondary N) is 2. The van der Waals surface area contributed by atoms with Gasteiger partial charge in [-0.25, -0.2) is 4.98 Å². The predicted molar refractivity (Wildman–Crippen MR) is 65.9 cm³/mol. The van der Waals surface area contributed by atoms with Crippen molar-refractivity contribution < 1.29 is 4.79 Å². The molecule has 0 aromatic carbocycles. The predicted octanol–water partition coefficient (Wildman–Crippen LogP) is 1.81. The molecule has 90 valence electrons. The van der Waals surface area contributed by atoms with E-state index in [1.165, 1.54) is 6.42 Å². The molecule has 3 heterocycles. The molecule has 0 aliphatic carbocycles. The number of nitrogens with zero attached hydrogens (tertiary/aromatic N) is 1. The lowest BCUT2D eigenvalue weighted by Crippen LogP contribution is -2.32. The number of fused-ring (bicyclic) bond motifs is 2. The van der Waals surface area contributed by atoms with Gasteiger partial charge in [0.1, 0.15) is 5.15 Å². The average Bonchev–Trinajstić information content (AvgIpc) is 2.90. The fraction of sp³-hybridized carbons (Fsp3) is 0.500. The van der Waals surface area contributed by atoms with E-state index in [1.54, 1.807) is 18.3 Å². The highest BCUT2D eigenvalue weighted by molar-refractivity contribution is 6.29. The summed E-state index contributed by atoms with van der Waals surface area (Å²) >= 11 is 5.78. The number of aromatic nitrogens is 1. The van der Waals surface area contributed by atoms with Crippen LogP contribution in [0.4, 0.5) is 5.69 Å². The quantitative estimate of drug-likeness (QED) is 0.789. The van der Waals surface area contributed by atoms with Gasteiger partial charge in [-0.1, -0.05) is 11.6 Å². The van der Waals surface area contributed by atoms with Crippen LogP contribution in [0.3, 0.4) is 0 Å². The van der Waals surface area contributed by atoms with Gasteiger partial charge >= 0.3 is 0 Å². The van der Waals surface area contributed by atoms with Crippen LogP contribution in [0.1, 0.15) is 19.3 Å². The van der Waals surface area contributed by atoms with E-state index in [2.05, 4.69) is 15.6 Å². The summed E-state index contributed by atoms with van der Waals surface area (Å²) in [6.07, 6.45) is 4.86. The molecule has 3 unspecified atom stereocenters. The normalized spacial score (nSPS) is 30.5. The Morgan fingerprint density at radius 2 is 2.41 bits per heavy atom. The Morgan fingerprint density at radius 3 is 3.06 bits per heavy atom. The summed E-state index contributed by atoms with van der Waals surface area (Å²) in [7, 11) is 0. The van der Waals surface area contributed by atoms with Crippen LogP contribution in [0.25, 0.3) is 0 Å². The molecular weight excluding hydrogens is 238 g/mol. The zero-order chi connectivity index (χ0) is 11.8. The number of pyridine rings is 1. The van der Waals surface area contributed by atoms with Crippen LogP contribution in [0.2, 0.25) is 5.15 Å². The molecule has 2 aliphatic heterocycles. The molecule has 4 nitrogen and oxygen atoms in total. The minimum Gasteiger partial charge on any atom is -0.326 e. The Kier molecular flexibility index (Phi) is 2.76. The summed E-state index contributed by atoms with van der Waals surface area (Å²) in [5.41, 5.74) is 0.720. The molecule has 17 heavy (non-hydrogen) atoms. The molecule has 2 fully saturated rings. The van der Waals surface area contributed by atoms with E-state index >= 15 is 0 Å². The van der Waals surface area contributed by atoms with Crippen molar-refractivity contribution in [1.29, 1.82) is 0 Å². The molecular formula is C12H14ClN3O. The summed E-state index contributed by atoms with van der Waals surface area (Å²) in [5.74, 6) is 0.188. The van der Waals surface area contributed by atoms with Gasteiger partial charge in [-0.05, 0) is 31.4 Å². The second-order valence-corrected chi connectivity index (χ2v) is 5.13. The fourth-order valence-corrected chi connectivity index (χ4v) is 3.00. The van der Waals surface area contributed by atoms with Crippen LogP contribution in [0, 0.1) is 5.92 Å². The molecule has 0 saturated carbocycles. The number of hydrogen-bond donors (Lipinski definition) is 2. The second-order valence-electron chi connectivity index (χ2n) is 4.75. The van der Waals surface area contributed by atoms with Crippen molar-refractivity contribution >= 4 is 23.2 Å². The molecule has 2 bridgehead atoms. The molecule has 1 aromatic rings. The van der Waals surface area contributed by atoms with E-state index in [0.29, 0.717) is 17.2 Å². The van der Waals surface area contributed by atoms with Crippen molar-refractivity contribution in [2.24, 2.45) is 5.92 Å². The smallest absolute Gasteiger partial charge is 0.229 e. The van der Waals surface area contributed by atoms with Gasteiger partial charge in [0.2, 0.25) is 5.91 Å². The number of amides is 1. The summed E-state index contributed by atoms with van der Waals surface area (Å²) in [4.78, 5) is 16.0. The van der Waals surface area contributed by atoms with Crippen LogP contribution < -0.4 is 10.6 Å². The third-order valence-corrected chi connectivity index (χ3v) is 3.84. The van der Waals surface area contributed by atoms with E-state index in [-0.39, 0.29) is 11.8 Å². The first kappa shape index (κ1) is 11.0. The van der Waals surface area contributed by atoms with Gasteiger partial charge in [0.25, 0.3) is 0 Å². The van der Waals surface area contributed by atoms with Crippen molar-refractivity contribution in [1.82, 2.24) is 10.3 Å². The highest BCUT2D eigenvalue weighted by Crippen LogP contribution is 2.33. The number of hydrogen-bond acceptors (Lipinski definition) is 3. The maximum absolute atomic E-state index is 12.1. The molecule has 2 aliphatic rings. The first-order valence-electron chi connectivity index (χ1n) is 5.91. The van der Waals surface area contributed by atoms with E-state index in [9.17, 15) is 4.79 Å². The fourth-order valence-electron chi connectivity index (χ4n) is 2.83. The van der Waals surface area contributed by atoms with Crippen molar-refractivity contribution in [3.8, 4) is 0 Å². The maximum Gasteiger partial charge on any atom is 0.229 e. The molecule has 3 rings (SSSR count). The third-order valence-electron chi connectivity index (χ3n) is 3.63. The number of anilines is 1. The summed E-state index contributed by atoms with van der Waals surface area (Å²) in [6.45, 7) is 0. The lowest BCUT2D eigenvalue weighted by molar-refractivity contribution is -0.120. The molecule has 3 atom stereocenters. The topological polar surface area (TPSA) is 54.0 Å². The van der Waals surface area contributed by atoms with Crippen molar-refractivity contribution in [3.63, 3.8) is 0 Å². The van der Waals surface area contributed by atoms with Crippen molar-refractivity contribution in [2.75, 3.05) is 5.32 Å². The summed E-state index contributed by atoms with van der Waals surface area (Å²) < 4.78 is 0. The zero-order valence-electron chi connectivity index (χ0n) is 9.32. The van der Waals surface area contributed by atoms with Gasteiger partial charge in [0.15, 0.2) is 0 Å². The molecule has 5 heteroatoms. The number of halogens is 1. The maximum atomic E-state index is 12.1. The number of rotatable bonds is 2. The summed E-state index contributed by atoms with van der Waals surface area (Å²) in [6, 6.07) is 4.32. The Balaban J connectivity index is 1.68. The third kappa shape index (κ3) is 2.15. The lowest BCUT2D eigenvalue weighted by Gasteiger charge is -2.19. The second kappa shape index (κ2) is 4.27. The van der Waals surface area contributed by atoms with Gasteiger partial charge in [0.05, 0.1) is 5.92 Å². The van der Waals surface area contributed by atoms with E-state index < -0.39 is 0 Å². The van der Waals surface area contributed by atoms with Crippen LogP contribution in [-0.4, -0.2) is 23.0 Å². The van der Waals surface area contributed by atoms with Gasteiger partial charge in [0, 0.05) is 24.0 Å². The number of carbonyl (C=O) groups is 1. The summed E-state index contributed by atoms with van der Waals surface area (Å²) in [5, 5.41) is 6.76. The van der Waals surface area contributed by atoms with Gasteiger partial charge in [-0.3, -0.25) is 4.79 Å². The molecule has 2 N–H and O–H groups in total. The SMILES string of the molecule is O=C(Nc1ccnc(Cl)c1)C1CC2CCC1N2. The molecule has 2 saturated heterocycles. The minimum absolute atomic E-state index is 0.0898. The van der Waals surface area contributed by atoms with Crippen molar-refractivity contribution in [3.05, 3.63) is 23.5 Å². The Hall–Kier alpha value is -1.13. The van der Waals surface area contributed by atoms with Gasteiger partial charge in [-0.15, -0.1) is 0 Å². The van der Waals surface area contributed by atoms with Crippen LogP contribution >= 0.6 is 11.6 Å².